The van der Waals surface area contributed by atoms with Crippen LogP contribution in [0, 0.1) is 0 Å². The van der Waals surface area contributed by atoms with Crippen LogP contribution in [0.25, 0.3) is 0 Å². The normalized spacial score (nSPS) is 13.7. The van der Waals surface area contributed by atoms with Gasteiger partial charge in [0, 0.05) is 6.04 Å². The predicted octanol–water partition coefficient (Wildman–Crippen LogP) is 2.65. The van der Waals surface area contributed by atoms with Crippen molar-refractivity contribution >= 4 is 23.5 Å². The Balaban J connectivity index is 1.56. The van der Waals surface area contributed by atoms with E-state index < -0.39 is 18.5 Å². The number of carbonyl (C=O) groups excluding carboxylic acids is 3. The number of hydrogen-bond donors (Lipinski definition) is 3. The highest BCUT2D eigenvalue weighted by Crippen LogP contribution is 2.20. The van der Waals surface area contributed by atoms with E-state index >= 15 is 0 Å². The summed E-state index contributed by atoms with van der Waals surface area (Å²) in [6, 6.07) is 13.2. The molecular weight excluding hydrogens is 372 g/mol. The van der Waals surface area contributed by atoms with Crippen LogP contribution in [0.2, 0.25) is 0 Å². The molecule has 0 aromatic heterocycles. The summed E-state index contributed by atoms with van der Waals surface area (Å²) >= 11 is 0. The van der Waals surface area contributed by atoms with Crippen LogP contribution in [0.3, 0.4) is 0 Å². The monoisotopic (exact) mass is 396 g/mol. The number of para-hydroxylation sites is 1. The van der Waals surface area contributed by atoms with Gasteiger partial charge in [-0.05, 0) is 42.7 Å². The van der Waals surface area contributed by atoms with Crippen molar-refractivity contribution in [2.45, 2.75) is 38.3 Å². The molecule has 0 radical (unpaired) electrons. The predicted molar refractivity (Wildman–Crippen MR) is 107 cm³/mol. The quantitative estimate of drug-likeness (QED) is 0.624. The van der Waals surface area contributed by atoms with Crippen molar-refractivity contribution in [2.24, 2.45) is 0 Å². The highest BCUT2D eigenvalue weighted by atomic mass is 16.5. The SMILES string of the molecule is O=C(COC(=O)c1ccc(CO)cc1)Nc1ccccc1C(=O)NC1CCCC1. The Morgan fingerprint density at radius 2 is 1.69 bits per heavy atom. The van der Waals surface area contributed by atoms with E-state index in [1.54, 1.807) is 36.4 Å². The van der Waals surface area contributed by atoms with Gasteiger partial charge in [0.25, 0.3) is 11.8 Å². The minimum atomic E-state index is -0.642. The topological polar surface area (TPSA) is 105 Å². The van der Waals surface area contributed by atoms with Crippen LogP contribution in [0.5, 0.6) is 0 Å². The van der Waals surface area contributed by atoms with Crippen LogP contribution in [0.15, 0.2) is 48.5 Å². The minimum Gasteiger partial charge on any atom is -0.452 e. The average Bonchev–Trinajstić information content (AvgIpc) is 3.25. The molecule has 7 nitrogen and oxygen atoms in total. The molecule has 0 aliphatic heterocycles. The van der Waals surface area contributed by atoms with Gasteiger partial charge in [-0.15, -0.1) is 0 Å². The zero-order valence-corrected chi connectivity index (χ0v) is 16.0. The second-order valence-corrected chi connectivity index (χ2v) is 6.98. The van der Waals surface area contributed by atoms with Crippen molar-refractivity contribution in [1.82, 2.24) is 5.32 Å². The first-order valence-corrected chi connectivity index (χ1v) is 9.63. The lowest BCUT2D eigenvalue weighted by Gasteiger charge is -2.15. The van der Waals surface area contributed by atoms with Gasteiger partial charge >= 0.3 is 5.97 Å². The van der Waals surface area contributed by atoms with Crippen molar-refractivity contribution in [3.8, 4) is 0 Å². The van der Waals surface area contributed by atoms with Gasteiger partial charge in [-0.1, -0.05) is 37.1 Å². The molecule has 0 spiro atoms. The van der Waals surface area contributed by atoms with Gasteiger partial charge in [0.15, 0.2) is 6.61 Å². The number of nitrogens with one attached hydrogen (secondary N) is 2. The van der Waals surface area contributed by atoms with E-state index in [9.17, 15) is 14.4 Å². The molecule has 0 unspecified atom stereocenters. The maximum absolute atomic E-state index is 12.5. The summed E-state index contributed by atoms with van der Waals surface area (Å²) in [7, 11) is 0. The van der Waals surface area contributed by atoms with E-state index in [4.69, 9.17) is 9.84 Å². The van der Waals surface area contributed by atoms with Gasteiger partial charge in [-0.25, -0.2) is 4.79 Å². The lowest BCUT2D eigenvalue weighted by Crippen LogP contribution is -2.33. The molecule has 3 rings (SSSR count). The third-order valence-electron chi connectivity index (χ3n) is 4.84. The van der Waals surface area contributed by atoms with Crippen molar-refractivity contribution in [3.63, 3.8) is 0 Å². The highest BCUT2D eigenvalue weighted by Gasteiger charge is 2.20. The molecule has 152 valence electrons. The molecule has 2 amide bonds. The Hall–Kier alpha value is -3.19. The molecule has 1 aliphatic rings. The number of hydrogen-bond acceptors (Lipinski definition) is 5. The summed E-state index contributed by atoms with van der Waals surface area (Å²) in [5.74, 6) is -1.41. The van der Waals surface area contributed by atoms with Crippen LogP contribution in [0.4, 0.5) is 5.69 Å². The summed E-state index contributed by atoms with van der Waals surface area (Å²) in [5, 5.41) is 14.7. The molecule has 2 aromatic carbocycles. The second-order valence-electron chi connectivity index (χ2n) is 6.98. The molecule has 1 fully saturated rings. The molecule has 0 saturated heterocycles. The lowest BCUT2D eigenvalue weighted by molar-refractivity contribution is -0.119. The fraction of sp³-hybridized carbons (Fsp3) is 0.318. The standard InChI is InChI=1S/C22H24N2O5/c25-13-15-9-11-16(12-10-15)22(28)29-14-20(26)24-19-8-4-3-7-18(19)21(27)23-17-5-1-2-6-17/h3-4,7-12,17,25H,1-2,5-6,13-14H2,(H,23,27)(H,24,26). The number of aliphatic hydroxyl groups excluding tert-OH is 1. The van der Waals surface area contributed by atoms with E-state index in [1.165, 1.54) is 12.1 Å². The number of ether oxygens (including phenoxy) is 1. The summed E-state index contributed by atoms with van der Waals surface area (Å²) in [4.78, 5) is 36.8. The molecule has 3 N–H and O–H groups in total. The van der Waals surface area contributed by atoms with E-state index in [0.29, 0.717) is 16.8 Å². The van der Waals surface area contributed by atoms with E-state index in [1.807, 2.05) is 0 Å². The molecule has 1 saturated carbocycles. The fourth-order valence-electron chi connectivity index (χ4n) is 3.27. The van der Waals surface area contributed by atoms with Crippen LogP contribution in [-0.4, -0.2) is 35.5 Å². The third-order valence-corrected chi connectivity index (χ3v) is 4.84. The van der Waals surface area contributed by atoms with Crippen molar-refractivity contribution < 1.29 is 24.2 Å². The Kier molecular flexibility index (Phi) is 6.97. The molecule has 0 bridgehead atoms. The summed E-state index contributed by atoms with van der Waals surface area (Å²) in [6.07, 6.45) is 4.15. The third kappa shape index (κ3) is 5.65. The average molecular weight is 396 g/mol. The summed E-state index contributed by atoms with van der Waals surface area (Å²) in [5.41, 5.74) is 1.70. The van der Waals surface area contributed by atoms with Crippen LogP contribution in [-0.2, 0) is 16.1 Å². The first-order chi connectivity index (χ1) is 14.1. The van der Waals surface area contributed by atoms with Crippen LogP contribution < -0.4 is 10.6 Å². The maximum atomic E-state index is 12.5. The molecule has 2 aromatic rings. The van der Waals surface area contributed by atoms with E-state index in [-0.39, 0.29) is 24.1 Å². The van der Waals surface area contributed by atoms with Gasteiger partial charge in [0.2, 0.25) is 0 Å². The molecule has 0 atom stereocenters. The summed E-state index contributed by atoms with van der Waals surface area (Å²) in [6.45, 7) is -0.593. The van der Waals surface area contributed by atoms with Gasteiger partial charge in [0.05, 0.1) is 23.4 Å². The minimum absolute atomic E-state index is 0.120. The van der Waals surface area contributed by atoms with Crippen molar-refractivity contribution in [1.29, 1.82) is 0 Å². The fourth-order valence-corrected chi connectivity index (χ4v) is 3.27. The maximum Gasteiger partial charge on any atom is 0.338 e. The number of rotatable bonds is 7. The Morgan fingerprint density at radius 1 is 1.00 bits per heavy atom. The Labute approximate surface area is 169 Å². The number of amides is 2. The smallest absolute Gasteiger partial charge is 0.338 e. The number of aliphatic hydroxyl groups is 1. The van der Waals surface area contributed by atoms with E-state index in [0.717, 1.165) is 25.7 Å². The summed E-state index contributed by atoms with van der Waals surface area (Å²) < 4.78 is 5.03. The van der Waals surface area contributed by atoms with Crippen molar-refractivity contribution in [2.75, 3.05) is 11.9 Å². The largest absolute Gasteiger partial charge is 0.452 e. The van der Waals surface area contributed by atoms with Gasteiger partial charge < -0.3 is 20.5 Å². The molecule has 1 aliphatic carbocycles. The van der Waals surface area contributed by atoms with Crippen molar-refractivity contribution in [3.05, 3.63) is 65.2 Å². The number of anilines is 1. The Bertz CT molecular complexity index is 873. The first kappa shape index (κ1) is 20.5. The van der Waals surface area contributed by atoms with Gasteiger partial charge in [-0.3, -0.25) is 9.59 Å². The van der Waals surface area contributed by atoms with E-state index in [2.05, 4.69) is 10.6 Å². The number of benzene rings is 2. The molecule has 29 heavy (non-hydrogen) atoms. The zero-order chi connectivity index (χ0) is 20.6. The number of esters is 1. The van der Waals surface area contributed by atoms with Crippen LogP contribution in [0.1, 0.15) is 52.0 Å². The lowest BCUT2D eigenvalue weighted by atomic mass is 10.1. The molecular formula is C22H24N2O5. The Morgan fingerprint density at radius 3 is 2.38 bits per heavy atom. The second kappa shape index (κ2) is 9.84. The first-order valence-electron chi connectivity index (χ1n) is 9.63. The van der Waals surface area contributed by atoms with Gasteiger partial charge in [-0.2, -0.15) is 0 Å². The number of carbonyl (C=O) groups is 3. The zero-order valence-electron chi connectivity index (χ0n) is 16.0. The molecule has 7 heteroatoms. The molecule has 0 heterocycles. The highest BCUT2D eigenvalue weighted by molar-refractivity contribution is 6.04. The van der Waals surface area contributed by atoms with Crippen LogP contribution >= 0.6 is 0 Å². The van der Waals surface area contributed by atoms with Gasteiger partial charge in [0.1, 0.15) is 0 Å².